The number of rotatable bonds is 5. The molecule has 0 amide bonds. The molecule has 5 heteroatoms. The third kappa shape index (κ3) is 4.06. The third-order valence-corrected chi connectivity index (χ3v) is 2.25. The van der Waals surface area contributed by atoms with Gasteiger partial charge < -0.3 is 9.47 Å². The van der Waals surface area contributed by atoms with Crippen molar-refractivity contribution in [1.82, 2.24) is 4.98 Å². The van der Waals surface area contributed by atoms with Gasteiger partial charge >= 0.3 is 5.97 Å². The number of halogens is 1. The molecule has 0 N–H and O–H groups in total. The van der Waals surface area contributed by atoms with E-state index in [1.54, 1.807) is 12.1 Å². The van der Waals surface area contributed by atoms with Gasteiger partial charge in [0.25, 0.3) is 0 Å². The molecule has 0 spiro atoms. The lowest BCUT2D eigenvalue weighted by molar-refractivity contribution is 0.0442. The molecular weight excluding hydrogens is 249 g/mol. The van der Waals surface area contributed by atoms with Crippen LogP contribution in [-0.2, 0) is 4.74 Å². The summed E-state index contributed by atoms with van der Waals surface area (Å²) in [7, 11) is 0. The average Bonchev–Trinajstić information content (AvgIpc) is 2.44. The van der Waals surface area contributed by atoms with Gasteiger partial charge in [-0.25, -0.2) is 9.78 Å². The summed E-state index contributed by atoms with van der Waals surface area (Å²) in [5, 5.41) is 0. The Kier molecular flexibility index (Phi) is 4.44. The minimum Gasteiger partial charge on any atom is -0.490 e. The van der Waals surface area contributed by atoms with Crippen LogP contribution in [0.25, 0.3) is 0 Å². The first-order valence-corrected chi connectivity index (χ1v) is 5.73. The lowest BCUT2D eigenvalue weighted by atomic mass is 10.3. The molecule has 98 valence electrons. The fourth-order valence-corrected chi connectivity index (χ4v) is 1.41. The van der Waals surface area contributed by atoms with E-state index in [1.165, 1.54) is 12.1 Å². The summed E-state index contributed by atoms with van der Waals surface area (Å²) in [4.78, 5) is 14.9. The van der Waals surface area contributed by atoms with Gasteiger partial charge in [-0.05, 0) is 24.3 Å². The van der Waals surface area contributed by atoms with Gasteiger partial charge in [0.1, 0.15) is 19.0 Å². The number of aromatic nitrogens is 1. The Hall–Kier alpha value is -2.43. The molecule has 0 saturated carbocycles. The monoisotopic (exact) mass is 261 g/mol. The number of hydrogen-bond acceptors (Lipinski definition) is 4. The second-order valence-corrected chi connectivity index (χ2v) is 3.64. The number of para-hydroxylation sites is 1. The number of carbonyl (C=O) groups is 1. The summed E-state index contributed by atoms with van der Waals surface area (Å²) >= 11 is 0. The normalized spacial score (nSPS) is 9.95. The zero-order valence-corrected chi connectivity index (χ0v) is 10.1. The Bertz CT molecular complexity index is 545. The molecule has 2 rings (SSSR count). The lowest BCUT2D eigenvalue weighted by Crippen LogP contribution is -2.13. The third-order valence-electron chi connectivity index (χ3n) is 2.25. The lowest BCUT2D eigenvalue weighted by Gasteiger charge is -2.06. The van der Waals surface area contributed by atoms with E-state index in [1.807, 2.05) is 18.2 Å². The van der Waals surface area contributed by atoms with Crippen molar-refractivity contribution in [3.8, 4) is 5.75 Å². The van der Waals surface area contributed by atoms with E-state index in [2.05, 4.69) is 4.98 Å². The summed E-state index contributed by atoms with van der Waals surface area (Å²) in [6.07, 6.45) is 0. The van der Waals surface area contributed by atoms with Crippen LogP contribution >= 0.6 is 0 Å². The summed E-state index contributed by atoms with van der Waals surface area (Å²) < 4.78 is 23.0. The largest absolute Gasteiger partial charge is 0.490 e. The van der Waals surface area contributed by atoms with E-state index in [0.29, 0.717) is 5.75 Å². The van der Waals surface area contributed by atoms with E-state index in [9.17, 15) is 9.18 Å². The van der Waals surface area contributed by atoms with E-state index in [0.717, 1.165) is 6.07 Å². The van der Waals surface area contributed by atoms with E-state index < -0.39 is 11.9 Å². The molecule has 0 atom stereocenters. The van der Waals surface area contributed by atoms with Gasteiger partial charge in [0, 0.05) is 0 Å². The molecule has 1 aromatic carbocycles. The fourth-order valence-electron chi connectivity index (χ4n) is 1.41. The molecule has 1 heterocycles. The van der Waals surface area contributed by atoms with Crippen molar-refractivity contribution < 1.29 is 18.7 Å². The number of pyridine rings is 1. The molecular formula is C14H12FNO3. The first-order chi connectivity index (χ1) is 9.25. The predicted molar refractivity (Wildman–Crippen MR) is 66.4 cm³/mol. The maximum absolute atomic E-state index is 12.8. The van der Waals surface area contributed by atoms with Crippen LogP contribution in [-0.4, -0.2) is 24.2 Å². The fraction of sp³-hybridized carbons (Fsp3) is 0.143. The van der Waals surface area contributed by atoms with E-state index in [4.69, 9.17) is 9.47 Å². The van der Waals surface area contributed by atoms with Gasteiger partial charge in [-0.2, -0.15) is 4.39 Å². The topological polar surface area (TPSA) is 48.4 Å². The molecule has 0 aliphatic heterocycles. The zero-order chi connectivity index (χ0) is 13.5. The second-order valence-electron chi connectivity index (χ2n) is 3.64. The number of hydrogen-bond donors (Lipinski definition) is 0. The van der Waals surface area contributed by atoms with Crippen molar-refractivity contribution in [2.75, 3.05) is 13.2 Å². The second kappa shape index (κ2) is 6.49. The standard InChI is InChI=1S/C14H12FNO3/c15-13-8-4-7-12(16-13)14(17)19-10-9-18-11-5-2-1-3-6-11/h1-8H,9-10H2. The highest BCUT2D eigenvalue weighted by molar-refractivity contribution is 5.87. The van der Waals surface area contributed by atoms with Crippen LogP contribution in [0.5, 0.6) is 5.75 Å². The Morgan fingerprint density at radius 3 is 2.58 bits per heavy atom. The van der Waals surface area contributed by atoms with Gasteiger partial charge in [0.15, 0.2) is 5.69 Å². The SMILES string of the molecule is O=C(OCCOc1ccccc1)c1cccc(F)n1. The van der Waals surface area contributed by atoms with Crippen LogP contribution in [0.15, 0.2) is 48.5 Å². The maximum Gasteiger partial charge on any atom is 0.357 e. The molecule has 4 nitrogen and oxygen atoms in total. The highest BCUT2D eigenvalue weighted by Crippen LogP contribution is 2.07. The molecule has 19 heavy (non-hydrogen) atoms. The van der Waals surface area contributed by atoms with Crippen molar-refractivity contribution in [2.45, 2.75) is 0 Å². The van der Waals surface area contributed by atoms with Crippen molar-refractivity contribution in [3.05, 3.63) is 60.2 Å². The van der Waals surface area contributed by atoms with Crippen LogP contribution in [0.1, 0.15) is 10.5 Å². The summed E-state index contributed by atoms with van der Waals surface area (Å²) in [6, 6.07) is 13.1. The Morgan fingerprint density at radius 1 is 1.05 bits per heavy atom. The summed E-state index contributed by atoms with van der Waals surface area (Å²) in [5.74, 6) is -0.687. The molecule has 0 fully saturated rings. The molecule has 0 bridgehead atoms. The summed E-state index contributed by atoms with van der Waals surface area (Å²) in [6.45, 7) is 0.303. The predicted octanol–water partition coefficient (Wildman–Crippen LogP) is 2.46. The van der Waals surface area contributed by atoms with Crippen LogP contribution in [0.4, 0.5) is 4.39 Å². The van der Waals surface area contributed by atoms with Crippen molar-refractivity contribution in [3.63, 3.8) is 0 Å². The van der Waals surface area contributed by atoms with Crippen molar-refractivity contribution in [2.24, 2.45) is 0 Å². The van der Waals surface area contributed by atoms with Gasteiger partial charge in [0.2, 0.25) is 5.95 Å². The number of carbonyl (C=O) groups excluding carboxylic acids is 1. The molecule has 0 radical (unpaired) electrons. The Balaban J connectivity index is 1.75. The minimum atomic E-state index is -0.713. The molecule has 0 saturated heterocycles. The Morgan fingerprint density at radius 2 is 1.84 bits per heavy atom. The number of nitrogens with zero attached hydrogens (tertiary/aromatic N) is 1. The van der Waals surface area contributed by atoms with Gasteiger partial charge in [-0.15, -0.1) is 0 Å². The average molecular weight is 261 g/mol. The van der Waals surface area contributed by atoms with Gasteiger partial charge in [-0.1, -0.05) is 24.3 Å². The molecule has 0 aliphatic rings. The zero-order valence-electron chi connectivity index (χ0n) is 10.1. The number of ether oxygens (including phenoxy) is 2. The molecule has 2 aromatic rings. The Labute approximate surface area is 109 Å². The first-order valence-electron chi connectivity index (χ1n) is 5.73. The van der Waals surface area contributed by atoms with Crippen LogP contribution < -0.4 is 4.74 Å². The number of benzene rings is 1. The number of esters is 1. The van der Waals surface area contributed by atoms with Crippen LogP contribution in [0, 0.1) is 5.95 Å². The summed E-state index contributed by atoms with van der Waals surface area (Å²) in [5.41, 5.74) is -0.0558. The maximum atomic E-state index is 12.8. The molecule has 0 unspecified atom stereocenters. The van der Waals surface area contributed by atoms with Gasteiger partial charge in [0.05, 0.1) is 0 Å². The molecule has 1 aromatic heterocycles. The minimum absolute atomic E-state index is 0.0558. The van der Waals surface area contributed by atoms with Crippen LogP contribution in [0.3, 0.4) is 0 Å². The first kappa shape index (κ1) is 13.0. The van der Waals surface area contributed by atoms with Crippen molar-refractivity contribution in [1.29, 1.82) is 0 Å². The van der Waals surface area contributed by atoms with Crippen molar-refractivity contribution >= 4 is 5.97 Å². The quantitative estimate of drug-likeness (QED) is 0.471. The highest BCUT2D eigenvalue weighted by atomic mass is 19.1. The highest BCUT2D eigenvalue weighted by Gasteiger charge is 2.09. The van der Waals surface area contributed by atoms with E-state index >= 15 is 0 Å². The van der Waals surface area contributed by atoms with Gasteiger partial charge in [-0.3, -0.25) is 0 Å². The molecule has 0 aliphatic carbocycles. The van der Waals surface area contributed by atoms with Crippen LogP contribution in [0.2, 0.25) is 0 Å². The van der Waals surface area contributed by atoms with E-state index in [-0.39, 0.29) is 18.9 Å². The smallest absolute Gasteiger partial charge is 0.357 e.